The summed E-state index contributed by atoms with van der Waals surface area (Å²) in [5.74, 6) is -0.662. The van der Waals surface area contributed by atoms with Crippen molar-refractivity contribution >= 4 is 35.0 Å². The molecular weight excluding hydrogens is 327 g/mol. The summed E-state index contributed by atoms with van der Waals surface area (Å²) in [4.78, 5) is 24.2. The lowest BCUT2D eigenvalue weighted by Gasteiger charge is -2.23. The molecule has 1 atom stereocenters. The van der Waals surface area contributed by atoms with Crippen molar-refractivity contribution in [3.63, 3.8) is 0 Å². The van der Waals surface area contributed by atoms with Crippen LogP contribution in [0, 0.1) is 5.92 Å². The third kappa shape index (κ3) is 4.45. The Morgan fingerprint density at radius 2 is 1.86 bits per heavy atom. The Morgan fingerprint density at radius 1 is 1.27 bits per heavy atom. The van der Waals surface area contributed by atoms with Gasteiger partial charge in [0.1, 0.15) is 0 Å². The Hall–Kier alpha value is -1.10. The molecular formula is C16H18Cl2O4. The molecule has 1 aromatic rings. The Labute approximate surface area is 139 Å². The van der Waals surface area contributed by atoms with Crippen LogP contribution in [0.2, 0.25) is 10.0 Å². The maximum absolute atomic E-state index is 12.2. The molecule has 22 heavy (non-hydrogen) atoms. The van der Waals surface area contributed by atoms with Gasteiger partial charge < -0.3 is 9.47 Å². The van der Waals surface area contributed by atoms with Crippen LogP contribution in [0.25, 0.3) is 0 Å². The molecule has 1 heterocycles. The fraction of sp³-hybridized carbons (Fsp3) is 0.500. The van der Waals surface area contributed by atoms with Crippen LogP contribution in [0.15, 0.2) is 18.2 Å². The second kappa shape index (κ2) is 7.95. The molecule has 0 bridgehead atoms. The van der Waals surface area contributed by atoms with Crippen molar-refractivity contribution in [2.24, 2.45) is 5.92 Å². The van der Waals surface area contributed by atoms with Gasteiger partial charge in [-0.3, -0.25) is 9.59 Å². The summed E-state index contributed by atoms with van der Waals surface area (Å²) >= 11 is 12.0. The van der Waals surface area contributed by atoms with Gasteiger partial charge in [-0.1, -0.05) is 29.3 Å². The normalized spacial score (nSPS) is 17.0. The van der Waals surface area contributed by atoms with Gasteiger partial charge in [-0.05, 0) is 31.9 Å². The summed E-state index contributed by atoms with van der Waals surface area (Å²) in [6, 6.07) is 5.02. The number of ketones is 1. The number of hydrogen-bond acceptors (Lipinski definition) is 4. The summed E-state index contributed by atoms with van der Waals surface area (Å²) in [6.07, 6.45) is 0.537. The number of esters is 1. The number of halogens is 2. The van der Waals surface area contributed by atoms with E-state index in [1.54, 1.807) is 25.1 Å². The Bertz CT molecular complexity index is 533. The Kier molecular flexibility index (Phi) is 6.24. The number of ether oxygens (including phenoxy) is 2. The number of carbonyl (C=O) groups excluding carboxylic acids is 2. The molecule has 0 aromatic heterocycles. The molecule has 2 rings (SSSR count). The lowest BCUT2D eigenvalue weighted by atomic mass is 9.93. The van der Waals surface area contributed by atoms with Crippen molar-refractivity contribution in [1.82, 2.24) is 0 Å². The summed E-state index contributed by atoms with van der Waals surface area (Å²) in [7, 11) is 0. The number of Topliss-reactive ketones (excluding diaryl/α,β-unsaturated/α-hetero) is 1. The largest absolute Gasteiger partial charge is 0.454 e. The number of hydrogen-bond donors (Lipinski definition) is 0. The molecule has 0 radical (unpaired) electrons. The van der Waals surface area contributed by atoms with Crippen LogP contribution in [0.4, 0.5) is 0 Å². The van der Waals surface area contributed by atoms with Gasteiger partial charge in [-0.2, -0.15) is 0 Å². The van der Waals surface area contributed by atoms with E-state index in [1.807, 2.05) is 0 Å². The maximum atomic E-state index is 12.2. The average molecular weight is 345 g/mol. The summed E-state index contributed by atoms with van der Waals surface area (Å²) in [6.45, 7) is 2.75. The molecule has 1 unspecified atom stereocenters. The van der Waals surface area contributed by atoms with Gasteiger partial charge in [0.05, 0.1) is 6.42 Å². The van der Waals surface area contributed by atoms with E-state index < -0.39 is 12.1 Å². The average Bonchev–Trinajstić information content (AvgIpc) is 2.51. The van der Waals surface area contributed by atoms with Gasteiger partial charge in [0.25, 0.3) is 0 Å². The van der Waals surface area contributed by atoms with Crippen molar-refractivity contribution in [3.8, 4) is 0 Å². The van der Waals surface area contributed by atoms with E-state index >= 15 is 0 Å². The zero-order valence-corrected chi connectivity index (χ0v) is 13.8. The molecule has 120 valence electrons. The molecule has 4 nitrogen and oxygen atoms in total. The van der Waals surface area contributed by atoms with Crippen molar-refractivity contribution in [1.29, 1.82) is 0 Å². The van der Waals surface area contributed by atoms with Gasteiger partial charge in [-0.15, -0.1) is 0 Å². The fourth-order valence-corrected chi connectivity index (χ4v) is 2.99. The van der Waals surface area contributed by atoms with E-state index in [-0.39, 0.29) is 18.1 Å². The van der Waals surface area contributed by atoms with Crippen LogP contribution in [0.1, 0.15) is 25.3 Å². The highest BCUT2D eigenvalue weighted by molar-refractivity contribution is 6.36. The zero-order valence-electron chi connectivity index (χ0n) is 12.3. The van der Waals surface area contributed by atoms with Crippen LogP contribution in [0.3, 0.4) is 0 Å². The minimum Gasteiger partial charge on any atom is -0.454 e. The minimum atomic E-state index is -0.767. The lowest BCUT2D eigenvalue weighted by molar-refractivity contribution is -0.155. The summed E-state index contributed by atoms with van der Waals surface area (Å²) in [5, 5.41) is 0.820. The third-order valence-corrected chi connectivity index (χ3v) is 4.42. The monoisotopic (exact) mass is 344 g/mol. The maximum Gasteiger partial charge on any atom is 0.311 e. The minimum absolute atomic E-state index is 0.0517. The molecule has 1 aliphatic rings. The molecule has 0 N–H and O–H groups in total. The van der Waals surface area contributed by atoms with Crippen LogP contribution in [-0.4, -0.2) is 31.1 Å². The predicted octanol–water partition coefficient (Wildman–Crippen LogP) is 3.46. The van der Waals surface area contributed by atoms with Crippen molar-refractivity contribution in [2.75, 3.05) is 13.2 Å². The Morgan fingerprint density at radius 3 is 2.45 bits per heavy atom. The van der Waals surface area contributed by atoms with E-state index in [0.717, 1.165) is 0 Å². The summed E-state index contributed by atoms with van der Waals surface area (Å²) < 4.78 is 10.5. The zero-order chi connectivity index (χ0) is 16.1. The SMILES string of the molecule is CC(OC(=O)Cc1c(Cl)cccc1Cl)C(=O)C1CCOCC1. The van der Waals surface area contributed by atoms with Crippen LogP contribution < -0.4 is 0 Å². The number of carbonyl (C=O) groups is 2. The fourth-order valence-electron chi connectivity index (χ4n) is 2.46. The third-order valence-electron chi connectivity index (χ3n) is 3.72. The summed E-state index contributed by atoms with van der Waals surface area (Å²) in [5.41, 5.74) is 0.515. The van der Waals surface area contributed by atoms with Gasteiger partial charge in [0.15, 0.2) is 11.9 Å². The molecule has 1 saturated heterocycles. The second-order valence-electron chi connectivity index (χ2n) is 5.30. The number of benzene rings is 1. The van der Waals surface area contributed by atoms with Gasteiger partial charge >= 0.3 is 5.97 Å². The van der Waals surface area contributed by atoms with E-state index in [4.69, 9.17) is 32.7 Å². The lowest BCUT2D eigenvalue weighted by Crippen LogP contribution is -2.33. The van der Waals surface area contributed by atoms with E-state index in [9.17, 15) is 9.59 Å². The molecule has 0 spiro atoms. The molecule has 1 fully saturated rings. The quantitative estimate of drug-likeness (QED) is 0.767. The first kappa shape index (κ1) is 17.3. The predicted molar refractivity (Wildman–Crippen MR) is 84.3 cm³/mol. The standard InChI is InChI=1S/C16H18Cl2O4/c1-10(16(20)11-5-7-21-8-6-11)22-15(19)9-12-13(17)3-2-4-14(12)18/h2-4,10-11H,5-9H2,1H3. The first-order chi connectivity index (χ1) is 10.5. The van der Waals surface area contributed by atoms with Crippen molar-refractivity contribution < 1.29 is 19.1 Å². The van der Waals surface area contributed by atoms with E-state index in [0.29, 0.717) is 41.7 Å². The smallest absolute Gasteiger partial charge is 0.311 e. The molecule has 6 heteroatoms. The first-order valence-corrected chi connectivity index (χ1v) is 7.98. The highest BCUT2D eigenvalue weighted by atomic mass is 35.5. The Balaban J connectivity index is 1.92. The van der Waals surface area contributed by atoms with E-state index in [1.165, 1.54) is 0 Å². The van der Waals surface area contributed by atoms with Gasteiger partial charge in [0, 0.05) is 34.7 Å². The van der Waals surface area contributed by atoms with Crippen LogP contribution >= 0.6 is 23.2 Å². The van der Waals surface area contributed by atoms with Gasteiger partial charge in [0.2, 0.25) is 0 Å². The van der Waals surface area contributed by atoms with Crippen LogP contribution in [-0.2, 0) is 25.5 Å². The molecule has 1 aromatic carbocycles. The molecule has 0 aliphatic carbocycles. The highest BCUT2D eigenvalue weighted by Crippen LogP contribution is 2.25. The van der Waals surface area contributed by atoms with E-state index in [2.05, 4.69) is 0 Å². The van der Waals surface area contributed by atoms with Crippen LogP contribution in [0.5, 0.6) is 0 Å². The first-order valence-electron chi connectivity index (χ1n) is 7.23. The molecule has 0 amide bonds. The topological polar surface area (TPSA) is 52.6 Å². The van der Waals surface area contributed by atoms with Gasteiger partial charge in [-0.25, -0.2) is 0 Å². The molecule has 0 saturated carbocycles. The molecule has 1 aliphatic heterocycles. The highest BCUT2D eigenvalue weighted by Gasteiger charge is 2.28. The van der Waals surface area contributed by atoms with Crippen molar-refractivity contribution in [3.05, 3.63) is 33.8 Å². The second-order valence-corrected chi connectivity index (χ2v) is 6.11. The van der Waals surface area contributed by atoms with Crippen molar-refractivity contribution in [2.45, 2.75) is 32.3 Å². The number of rotatable bonds is 5.